The molecule has 1 aromatic carbocycles. The number of phosphoric acid groups is 1. The molecule has 5 N–H and O–H groups in total. The van der Waals surface area contributed by atoms with Crippen molar-refractivity contribution in [2.75, 3.05) is 0 Å². The Balaban J connectivity index is 0.00000300. The SMILES string of the molecule is Cc1cc(=O)oc2cc(OP(=O)([O-])OC3[C@H](O)[C@H](O)C(O)[C@H](O)[C@H]3O)ccc12.[Li+]. The van der Waals surface area contributed by atoms with Crippen LogP contribution in [0.15, 0.2) is 33.5 Å². The third kappa shape index (κ3) is 4.92. The van der Waals surface area contributed by atoms with Crippen molar-refractivity contribution in [3.05, 3.63) is 40.2 Å². The van der Waals surface area contributed by atoms with Crippen molar-refractivity contribution in [3.63, 3.8) is 0 Å². The minimum atomic E-state index is -5.23. The maximum Gasteiger partial charge on any atom is 1.00 e. The zero-order valence-corrected chi connectivity index (χ0v) is 16.3. The number of phosphoric ester groups is 1. The molecule has 0 amide bonds. The molecule has 2 aromatic rings. The van der Waals surface area contributed by atoms with Crippen LogP contribution in [0, 0.1) is 6.92 Å². The summed E-state index contributed by atoms with van der Waals surface area (Å²) in [6.07, 6.45) is -11.8. The molecule has 1 saturated carbocycles. The topological polar surface area (TPSA) is 190 Å². The molecule has 0 bridgehead atoms. The van der Waals surface area contributed by atoms with E-state index >= 15 is 0 Å². The molecular formula is C16H18LiO11P. The maximum atomic E-state index is 12.2. The summed E-state index contributed by atoms with van der Waals surface area (Å²) in [4.78, 5) is 23.6. The molecule has 0 saturated heterocycles. The van der Waals surface area contributed by atoms with E-state index in [1.54, 1.807) is 6.92 Å². The Morgan fingerprint density at radius 2 is 1.55 bits per heavy atom. The molecule has 1 aliphatic carbocycles. The van der Waals surface area contributed by atoms with Gasteiger partial charge in [0.2, 0.25) is 0 Å². The third-order valence-electron chi connectivity index (χ3n) is 4.46. The van der Waals surface area contributed by atoms with Crippen LogP contribution in [0.5, 0.6) is 5.75 Å². The second kappa shape index (κ2) is 8.87. The van der Waals surface area contributed by atoms with Crippen LogP contribution >= 0.6 is 7.82 Å². The number of benzene rings is 1. The van der Waals surface area contributed by atoms with Gasteiger partial charge in [-0.15, -0.1) is 0 Å². The molecular weight excluding hydrogens is 406 g/mol. The maximum absolute atomic E-state index is 12.2. The van der Waals surface area contributed by atoms with Gasteiger partial charge in [0.05, 0.1) is 0 Å². The first-order chi connectivity index (χ1) is 13.0. The minimum absolute atomic E-state index is 0. The van der Waals surface area contributed by atoms with Crippen LogP contribution in [0.3, 0.4) is 0 Å². The van der Waals surface area contributed by atoms with Gasteiger partial charge < -0.3 is 43.9 Å². The molecule has 3 unspecified atom stereocenters. The van der Waals surface area contributed by atoms with Crippen LogP contribution in [0.25, 0.3) is 11.0 Å². The molecule has 0 aliphatic heterocycles. The van der Waals surface area contributed by atoms with E-state index in [-0.39, 0.29) is 30.2 Å². The van der Waals surface area contributed by atoms with Gasteiger partial charge in [-0.3, -0.25) is 4.57 Å². The van der Waals surface area contributed by atoms with Crippen LogP contribution in [0.4, 0.5) is 0 Å². The van der Waals surface area contributed by atoms with Crippen molar-refractivity contribution in [2.45, 2.75) is 43.5 Å². The molecule has 13 heteroatoms. The first kappa shape index (κ1) is 24.1. The normalized spacial score (nSPS) is 31.7. The van der Waals surface area contributed by atoms with E-state index in [4.69, 9.17) is 8.94 Å². The summed E-state index contributed by atoms with van der Waals surface area (Å²) in [5, 5.41) is 49.0. The number of aryl methyl sites for hydroxylation is 1. The molecule has 0 radical (unpaired) electrons. The van der Waals surface area contributed by atoms with Crippen molar-refractivity contribution in [1.29, 1.82) is 0 Å². The number of hydrogen-bond donors (Lipinski definition) is 5. The van der Waals surface area contributed by atoms with Crippen molar-refractivity contribution in [2.24, 2.45) is 0 Å². The largest absolute Gasteiger partial charge is 1.00 e. The fraction of sp³-hybridized carbons (Fsp3) is 0.438. The first-order valence-electron chi connectivity index (χ1n) is 8.14. The molecule has 3 rings (SSSR count). The predicted molar refractivity (Wildman–Crippen MR) is 90.4 cm³/mol. The molecule has 1 aromatic heterocycles. The summed E-state index contributed by atoms with van der Waals surface area (Å²) in [6, 6.07) is 5.13. The number of aliphatic hydroxyl groups excluding tert-OH is 5. The van der Waals surface area contributed by atoms with E-state index in [9.17, 15) is 39.8 Å². The van der Waals surface area contributed by atoms with E-state index in [1.165, 1.54) is 18.2 Å². The van der Waals surface area contributed by atoms with Gasteiger partial charge in [-0.1, -0.05) is 0 Å². The molecule has 7 atom stereocenters. The Kier molecular flexibility index (Phi) is 7.36. The van der Waals surface area contributed by atoms with Gasteiger partial charge in [-0.2, -0.15) is 0 Å². The standard InChI is InChI=1S/C16H19O11P.Li/c1-6-4-10(17)25-9-5-7(2-3-8(6)9)26-28(23,24)27-16-14(21)12(19)11(18)13(20)15(16)22;/h2-5,11-16,18-22H,1H3,(H,23,24);/q;+1/p-1/t11?,12-,13+,14-,15-,16?;/m1./s1. The number of aliphatic hydroxyl groups is 5. The first-order valence-corrected chi connectivity index (χ1v) is 9.60. The molecule has 29 heavy (non-hydrogen) atoms. The molecule has 11 nitrogen and oxygen atoms in total. The monoisotopic (exact) mass is 424 g/mol. The molecule has 1 aliphatic rings. The average molecular weight is 424 g/mol. The third-order valence-corrected chi connectivity index (χ3v) is 5.40. The summed E-state index contributed by atoms with van der Waals surface area (Å²) < 4.78 is 26.5. The summed E-state index contributed by atoms with van der Waals surface area (Å²) in [5.74, 6) is -0.277. The zero-order chi connectivity index (χ0) is 20.8. The molecule has 0 spiro atoms. The van der Waals surface area contributed by atoms with Gasteiger partial charge in [-0.25, -0.2) is 4.79 Å². The van der Waals surface area contributed by atoms with Crippen molar-refractivity contribution < 1.29 is 67.3 Å². The van der Waals surface area contributed by atoms with Gasteiger partial charge in [0.25, 0.3) is 0 Å². The van der Waals surface area contributed by atoms with E-state index < -0.39 is 50.1 Å². The van der Waals surface area contributed by atoms with Crippen LogP contribution in [-0.4, -0.2) is 62.2 Å². The van der Waals surface area contributed by atoms with Crippen molar-refractivity contribution >= 4 is 18.8 Å². The van der Waals surface area contributed by atoms with E-state index in [1.807, 2.05) is 0 Å². The van der Waals surface area contributed by atoms with Gasteiger partial charge in [-0.05, 0) is 24.6 Å². The number of hydrogen-bond acceptors (Lipinski definition) is 11. The van der Waals surface area contributed by atoms with Crippen molar-refractivity contribution in [3.8, 4) is 5.75 Å². The van der Waals surface area contributed by atoms with Crippen LogP contribution in [0.2, 0.25) is 0 Å². The van der Waals surface area contributed by atoms with E-state index in [0.29, 0.717) is 10.9 Å². The smallest absolute Gasteiger partial charge is 0.746 e. The summed E-state index contributed by atoms with van der Waals surface area (Å²) in [6.45, 7) is 1.66. The molecule has 1 heterocycles. The predicted octanol–water partition coefficient (Wildman–Crippen LogP) is -4.84. The van der Waals surface area contributed by atoms with Gasteiger partial charge >= 0.3 is 32.3 Å². The Hall–Kier alpha value is -1.22. The Morgan fingerprint density at radius 1 is 1.00 bits per heavy atom. The fourth-order valence-electron chi connectivity index (χ4n) is 2.98. The van der Waals surface area contributed by atoms with Gasteiger partial charge in [0.1, 0.15) is 48.0 Å². The van der Waals surface area contributed by atoms with Crippen molar-refractivity contribution in [1.82, 2.24) is 0 Å². The minimum Gasteiger partial charge on any atom is -0.746 e. The van der Waals surface area contributed by atoms with Gasteiger partial charge in [0, 0.05) is 17.5 Å². The second-order valence-electron chi connectivity index (χ2n) is 6.47. The fourth-order valence-corrected chi connectivity index (χ4v) is 3.95. The summed E-state index contributed by atoms with van der Waals surface area (Å²) >= 11 is 0. The Labute approximate surface area is 175 Å². The van der Waals surface area contributed by atoms with Crippen LogP contribution in [0.1, 0.15) is 5.56 Å². The summed E-state index contributed by atoms with van der Waals surface area (Å²) in [7, 11) is -5.23. The quantitative estimate of drug-likeness (QED) is 0.180. The van der Waals surface area contributed by atoms with Gasteiger partial charge in [0.15, 0.2) is 0 Å². The Morgan fingerprint density at radius 3 is 2.14 bits per heavy atom. The average Bonchev–Trinajstić information content (AvgIpc) is 2.61. The molecule has 1 fully saturated rings. The van der Waals surface area contributed by atoms with E-state index in [2.05, 4.69) is 4.52 Å². The number of rotatable bonds is 4. The molecule has 154 valence electrons. The Bertz CT molecular complexity index is 963. The van der Waals surface area contributed by atoms with Crippen LogP contribution < -0.4 is 33.9 Å². The second-order valence-corrected chi connectivity index (χ2v) is 7.76. The van der Waals surface area contributed by atoms with E-state index in [0.717, 1.165) is 6.07 Å². The summed E-state index contributed by atoms with van der Waals surface area (Å²) in [5.41, 5.74) is 0.0298. The zero-order valence-electron chi connectivity index (χ0n) is 15.4. The van der Waals surface area contributed by atoms with Crippen LogP contribution in [-0.2, 0) is 9.09 Å². The number of fused-ring (bicyclic) bond motifs is 1.